The van der Waals surface area contributed by atoms with Gasteiger partial charge in [0.25, 0.3) is 5.91 Å². The van der Waals surface area contributed by atoms with Crippen molar-refractivity contribution in [2.45, 2.75) is 20.4 Å². The lowest BCUT2D eigenvalue weighted by molar-refractivity contribution is 0.0627. The fraction of sp³-hybridized carbons (Fsp3) is 0.348. The number of aryl methyl sites for hydroxylation is 2. The van der Waals surface area contributed by atoms with Crippen LogP contribution in [-0.4, -0.2) is 63.8 Å². The number of halogens is 1. The molecule has 8 heteroatoms. The number of rotatable bonds is 5. The van der Waals surface area contributed by atoms with Crippen molar-refractivity contribution in [2.24, 2.45) is 0 Å². The highest BCUT2D eigenvalue weighted by Gasteiger charge is 2.23. The molecule has 1 saturated heterocycles. The summed E-state index contributed by atoms with van der Waals surface area (Å²) in [6, 6.07) is 11.3. The van der Waals surface area contributed by atoms with Crippen molar-refractivity contribution in [1.82, 2.24) is 24.6 Å². The summed E-state index contributed by atoms with van der Waals surface area (Å²) < 4.78 is 7.23. The molecule has 0 N–H and O–H groups in total. The Morgan fingerprint density at radius 1 is 1.10 bits per heavy atom. The molecule has 1 aliphatic heterocycles. The number of aromatic nitrogens is 3. The number of carbonyl (C=O) groups excluding carboxylic acids is 1. The molecule has 1 aliphatic rings. The van der Waals surface area contributed by atoms with Crippen molar-refractivity contribution in [2.75, 3.05) is 33.3 Å². The van der Waals surface area contributed by atoms with Crippen LogP contribution in [0.4, 0.5) is 0 Å². The van der Waals surface area contributed by atoms with E-state index in [2.05, 4.69) is 15.0 Å². The number of ether oxygens (including phenoxy) is 1. The predicted octanol–water partition coefficient (Wildman–Crippen LogP) is 3.50. The second-order valence-electron chi connectivity index (χ2n) is 7.77. The Morgan fingerprint density at radius 2 is 1.87 bits per heavy atom. The number of pyridine rings is 1. The maximum atomic E-state index is 12.9. The first-order valence-electron chi connectivity index (χ1n) is 10.3. The van der Waals surface area contributed by atoms with Crippen LogP contribution in [0.2, 0.25) is 5.02 Å². The van der Waals surface area contributed by atoms with Gasteiger partial charge >= 0.3 is 0 Å². The Balaban J connectivity index is 1.37. The number of nitrogens with zero attached hydrogens (tertiary/aromatic N) is 5. The zero-order valence-corrected chi connectivity index (χ0v) is 18.8. The SMILES string of the molecule is COc1ccc(Cl)cc1CN1CCN(C(=O)c2ccc(-n3nc(C)cc3C)nc2)CC1. The summed E-state index contributed by atoms with van der Waals surface area (Å²) in [7, 11) is 1.66. The maximum Gasteiger partial charge on any atom is 0.255 e. The van der Waals surface area contributed by atoms with Gasteiger partial charge in [-0.05, 0) is 50.2 Å². The Hall–Kier alpha value is -2.90. The Labute approximate surface area is 187 Å². The second-order valence-corrected chi connectivity index (χ2v) is 8.20. The molecule has 31 heavy (non-hydrogen) atoms. The van der Waals surface area contributed by atoms with E-state index in [-0.39, 0.29) is 5.91 Å². The minimum Gasteiger partial charge on any atom is -0.496 e. The average molecular weight is 440 g/mol. The van der Waals surface area contributed by atoms with E-state index in [9.17, 15) is 4.79 Å². The van der Waals surface area contributed by atoms with Gasteiger partial charge in [-0.15, -0.1) is 0 Å². The van der Waals surface area contributed by atoms with Gasteiger partial charge < -0.3 is 9.64 Å². The topological polar surface area (TPSA) is 63.5 Å². The van der Waals surface area contributed by atoms with E-state index in [0.29, 0.717) is 29.5 Å². The van der Waals surface area contributed by atoms with Gasteiger partial charge in [-0.3, -0.25) is 9.69 Å². The van der Waals surface area contributed by atoms with Gasteiger partial charge in [-0.2, -0.15) is 5.10 Å². The minimum absolute atomic E-state index is 0.00686. The summed E-state index contributed by atoms with van der Waals surface area (Å²) in [6.45, 7) is 7.59. The Morgan fingerprint density at radius 3 is 2.48 bits per heavy atom. The van der Waals surface area contributed by atoms with Crippen LogP contribution >= 0.6 is 11.6 Å². The Kier molecular flexibility index (Phi) is 6.25. The van der Waals surface area contributed by atoms with E-state index in [1.165, 1.54) is 0 Å². The van der Waals surface area contributed by atoms with E-state index in [1.807, 2.05) is 55.1 Å². The first-order valence-corrected chi connectivity index (χ1v) is 10.7. The number of carbonyl (C=O) groups is 1. The largest absolute Gasteiger partial charge is 0.496 e. The lowest BCUT2D eigenvalue weighted by atomic mass is 10.1. The van der Waals surface area contributed by atoms with Crippen molar-refractivity contribution in [3.8, 4) is 11.6 Å². The molecule has 0 radical (unpaired) electrons. The highest BCUT2D eigenvalue weighted by atomic mass is 35.5. The van der Waals surface area contributed by atoms with Crippen molar-refractivity contribution < 1.29 is 9.53 Å². The van der Waals surface area contributed by atoms with Crippen LogP contribution in [-0.2, 0) is 6.54 Å². The van der Waals surface area contributed by atoms with Crippen LogP contribution in [0.25, 0.3) is 5.82 Å². The molecule has 4 rings (SSSR count). The molecule has 0 bridgehead atoms. The van der Waals surface area contributed by atoms with Crippen molar-refractivity contribution in [3.63, 3.8) is 0 Å². The molecule has 1 amide bonds. The van der Waals surface area contributed by atoms with Gasteiger partial charge in [0.2, 0.25) is 0 Å². The second kappa shape index (κ2) is 9.08. The van der Waals surface area contributed by atoms with E-state index >= 15 is 0 Å². The average Bonchev–Trinajstić information content (AvgIpc) is 3.12. The van der Waals surface area contributed by atoms with E-state index < -0.39 is 0 Å². The van der Waals surface area contributed by atoms with Crippen molar-refractivity contribution in [1.29, 1.82) is 0 Å². The van der Waals surface area contributed by atoms with Crippen molar-refractivity contribution in [3.05, 3.63) is 70.1 Å². The van der Waals surface area contributed by atoms with E-state index in [0.717, 1.165) is 42.3 Å². The lowest BCUT2D eigenvalue weighted by Crippen LogP contribution is -2.48. The molecule has 1 aromatic carbocycles. The fourth-order valence-electron chi connectivity index (χ4n) is 3.90. The number of benzene rings is 1. The Bertz CT molecular complexity index is 1070. The van der Waals surface area contributed by atoms with Crippen LogP contribution in [0.5, 0.6) is 5.75 Å². The molecule has 162 valence electrons. The van der Waals surface area contributed by atoms with Crippen LogP contribution in [0, 0.1) is 13.8 Å². The quantitative estimate of drug-likeness (QED) is 0.608. The van der Waals surface area contributed by atoms with Gasteiger partial charge in [-0.1, -0.05) is 11.6 Å². The first-order chi connectivity index (χ1) is 14.9. The summed E-state index contributed by atoms with van der Waals surface area (Å²) in [4.78, 5) is 21.6. The monoisotopic (exact) mass is 439 g/mol. The maximum absolute atomic E-state index is 12.9. The summed E-state index contributed by atoms with van der Waals surface area (Å²) in [5.41, 5.74) is 3.60. The third-order valence-electron chi connectivity index (χ3n) is 5.52. The van der Waals surface area contributed by atoms with Crippen molar-refractivity contribution >= 4 is 17.5 Å². The molecule has 0 aliphatic carbocycles. The van der Waals surface area contributed by atoms with E-state index in [1.54, 1.807) is 18.0 Å². The predicted molar refractivity (Wildman–Crippen MR) is 120 cm³/mol. The van der Waals surface area contributed by atoms with E-state index in [4.69, 9.17) is 16.3 Å². The van der Waals surface area contributed by atoms with Gasteiger partial charge in [0, 0.05) is 55.2 Å². The lowest BCUT2D eigenvalue weighted by Gasteiger charge is -2.35. The molecular formula is C23H26ClN5O2. The smallest absolute Gasteiger partial charge is 0.255 e. The molecule has 0 saturated carbocycles. The molecule has 1 fully saturated rings. The fourth-order valence-corrected chi connectivity index (χ4v) is 4.10. The van der Waals surface area contributed by atoms with Gasteiger partial charge in [0.1, 0.15) is 5.75 Å². The molecule has 0 unspecified atom stereocenters. The zero-order chi connectivity index (χ0) is 22.0. The first kappa shape index (κ1) is 21.3. The van der Waals surface area contributed by atoms with Gasteiger partial charge in [0.05, 0.1) is 18.4 Å². The number of piperazine rings is 1. The number of hydrogen-bond donors (Lipinski definition) is 0. The molecule has 7 nitrogen and oxygen atoms in total. The number of methoxy groups -OCH3 is 1. The van der Waals surface area contributed by atoms with Crippen LogP contribution < -0.4 is 4.74 Å². The summed E-state index contributed by atoms with van der Waals surface area (Å²) in [5.74, 6) is 1.55. The molecule has 0 spiro atoms. The van der Waals surface area contributed by atoms with Gasteiger partial charge in [0.15, 0.2) is 5.82 Å². The normalized spacial score (nSPS) is 14.6. The van der Waals surface area contributed by atoms with Crippen LogP contribution in [0.3, 0.4) is 0 Å². The zero-order valence-electron chi connectivity index (χ0n) is 18.0. The number of amides is 1. The molecule has 3 heterocycles. The third kappa shape index (κ3) is 4.73. The standard InChI is InChI=1S/C23H26ClN5O2/c1-16-12-17(2)29(26-16)22-7-4-18(14-25-22)23(30)28-10-8-27(9-11-28)15-19-13-20(24)5-6-21(19)31-3/h4-7,12-14H,8-11,15H2,1-3H3. The molecule has 0 atom stereocenters. The highest BCUT2D eigenvalue weighted by Crippen LogP contribution is 2.24. The molecule has 3 aromatic rings. The minimum atomic E-state index is 0.00686. The third-order valence-corrected chi connectivity index (χ3v) is 5.75. The summed E-state index contributed by atoms with van der Waals surface area (Å²) in [5, 5.41) is 5.14. The summed E-state index contributed by atoms with van der Waals surface area (Å²) in [6.07, 6.45) is 1.64. The number of hydrogen-bond acceptors (Lipinski definition) is 5. The summed E-state index contributed by atoms with van der Waals surface area (Å²) >= 11 is 6.15. The van der Waals surface area contributed by atoms with Crippen LogP contribution in [0.1, 0.15) is 27.3 Å². The molecular weight excluding hydrogens is 414 g/mol. The van der Waals surface area contributed by atoms with Gasteiger partial charge in [-0.25, -0.2) is 9.67 Å². The molecule has 2 aromatic heterocycles. The highest BCUT2D eigenvalue weighted by molar-refractivity contribution is 6.30. The van der Waals surface area contributed by atoms with Crippen LogP contribution in [0.15, 0.2) is 42.6 Å².